The average Bonchev–Trinajstić information content (AvgIpc) is 2.95. The minimum atomic E-state index is -1.18. The Bertz CT molecular complexity index is 1130. The number of hydrogen-bond acceptors (Lipinski definition) is 6. The van der Waals surface area contributed by atoms with Crippen LogP contribution in [0.1, 0.15) is 16.7 Å². The Morgan fingerprint density at radius 1 is 1.10 bits per heavy atom. The summed E-state index contributed by atoms with van der Waals surface area (Å²) in [5.41, 5.74) is 3.35. The van der Waals surface area contributed by atoms with Gasteiger partial charge in [-0.15, -0.1) is 0 Å². The zero-order valence-corrected chi connectivity index (χ0v) is 16.7. The number of benzene rings is 2. The topological polar surface area (TPSA) is 102 Å². The number of alkyl carbamates (subject to hydrolysis) is 1. The van der Waals surface area contributed by atoms with Crippen LogP contribution in [0.4, 0.5) is 10.5 Å². The van der Waals surface area contributed by atoms with Crippen molar-refractivity contribution in [2.45, 2.75) is 12.8 Å². The van der Waals surface area contributed by atoms with Crippen LogP contribution in [0.15, 0.2) is 77.9 Å². The first-order valence-electron chi connectivity index (χ1n) is 9.60. The van der Waals surface area contributed by atoms with E-state index in [9.17, 15) is 9.59 Å². The molecule has 0 saturated carbocycles. The lowest BCUT2D eigenvalue weighted by Gasteiger charge is -2.13. The number of methoxy groups -OCH3 is 1. The molecule has 8 heteroatoms. The van der Waals surface area contributed by atoms with Gasteiger partial charge in [-0.1, -0.05) is 48.5 Å². The number of ether oxygens (including phenoxy) is 2. The van der Waals surface area contributed by atoms with Crippen molar-refractivity contribution in [3.63, 3.8) is 0 Å². The number of hydrogen-bond donors (Lipinski definition) is 2. The minimum absolute atomic E-state index is 0.0827. The maximum Gasteiger partial charge on any atom is 0.409 e. The zero-order chi connectivity index (χ0) is 21.6. The minimum Gasteiger partial charge on any atom is -0.481 e. The molecule has 0 unspecified atom stereocenters. The standard InChI is InChI=1S/C23H20N4O4/c1-30-19-13-16(11-12-24-19)20-17-9-5-6-10-18(17)25-22(28)21(26-20)27-23(29)31-14-15-7-3-2-4-8-15/h2-13,21H,14H2,1H3,(H,25,28)(H,27,29)/t21-/m0/s1. The quantitative estimate of drug-likeness (QED) is 0.665. The van der Waals surface area contributed by atoms with E-state index in [1.807, 2.05) is 48.5 Å². The molecule has 0 spiro atoms. The molecule has 2 heterocycles. The molecule has 156 valence electrons. The van der Waals surface area contributed by atoms with Crippen LogP contribution in [-0.2, 0) is 16.1 Å². The van der Waals surface area contributed by atoms with E-state index in [1.54, 1.807) is 24.4 Å². The van der Waals surface area contributed by atoms with Crippen LogP contribution in [0.5, 0.6) is 5.88 Å². The molecule has 1 aromatic heterocycles. The fourth-order valence-corrected chi connectivity index (χ4v) is 3.13. The number of benzodiazepines with no additional fused rings is 1. The number of para-hydroxylation sites is 1. The molecule has 2 aromatic carbocycles. The van der Waals surface area contributed by atoms with Gasteiger partial charge in [0.05, 0.1) is 18.5 Å². The number of anilines is 1. The second kappa shape index (κ2) is 9.08. The molecular weight excluding hydrogens is 396 g/mol. The van der Waals surface area contributed by atoms with E-state index in [-0.39, 0.29) is 6.61 Å². The number of carbonyl (C=O) groups excluding carboxylic acids is 2. The van der Waals surface area contributed by atoms with Crippen LogP contribution in [-0.4, -0.2) is 36.0 Å². The lowest BCUT2D eigenvalue weighted by Crippen LogP contribution is -2.42. The molecular formula is C23H20N4O4. The molecule has 0 saturated heterocycles. The first kappa shape index (κ1) is 20.1. The Morgan fingerprint density at radius 2 is 1.87 bits per heavy atom. The highest BCUT2D eigenvalue weighted by atomic mass is 16.5. The lowest BCUT2D eigenvalue weighted by atomic mass is 10.0. The van der Waals surface area contributed by atoms with Gasteiger partial charge in [0, 0.05) is 23.4 Å². The van der Waals surface area contributed by atoms with Gasteiger partial charge in [-0.2, -0.15) is 0 Å². The third kappa shape index (κ3) is 4.69. The molecule has 2 N–H and O–H groups in total. The van der Waals surface area contributed by atoms with Gasteiger partial charge in [0.1, 0.15) is 6.61 Å². The van der Waals surface area contributed by atoms with Crippen LogP contribution in [0.2, 0.25) is 0 Å². The molecule has 8 nitrogen and oxygen atoms in total. The van der Waals surface area contributed by atoms with Gasteiger partial charge in [0.2, 0.25) is 12.0 Å². The molecule has 1 aliphatic heterocycles. The second-order valence-corrected chi connectivity index (χ2v) is 6.71. The summed E-state index contributed by atoms with van der Waals surface area (Å²) in [5.74, 6) is -0.0619. The van der Waals surface area contributed by atoms with Crippen molar-refractivity contribution in [2.24, 2.45) is 4.99 Å². The van der Waals surface area contributed by atoms with E-state index in [0.29, 0.717) is 28.4 Å². The number of carbonyl (C=O) groups is 2. The van der Waals surface area contributed by atoms with Gasteiger partial charge in [0.15, 0.2) is 0 Å². The summed E-state index contributed by atoms with van der Waals surface area (Å²) in [7, 11) is 1.52. The van der Waals surface area contributed by atoms with Crippen molar-refractivity contribution in [1.29, 1.82) is 0 Å². The highest BCUT2D eigenvalue weighted by Crippen LogP contribution is 2.24. The summed E-state index contributed by atoms with van der Waals surface area (Å²) in [6.45, 7) is 0.0827. The summed E-state index contributed by atoms with van der Waals surface area (Å²) in [5, 5.41) is 5.34. The van der Waals surface area contributed by atoms with Crippen LogP contribution in [0.3, 0.4) is 0 Å². The predicted octanol–water partition coefficient (Wildman–Crippen LogP) is 3.13. The molecule has 0 aliphatic carbocycles. The zero-order valence-electron chi connectivity index (χ0n) is 16.7. The van der Waals surface area contributed by atoms with Crippen LogP contribution in [0, 0.1) is 0 Å². The first-order chi connectivity index (χ1) is 15.1. The second-order valence-electron chi connectivity index (χ2n) is 6.71. The summed E-state index contributed by atoms with van der Waals surface area (Å²) in [6, 6.07) is 20.0. The molecule has 31 heavy (non-hydrogen) atoms. The number of nitrogens with one attached hydrogen (secondary N) is 2. The Balaban J connectivity index is 1.61. The maximum atomic E-state index is 12.8. The summed E-state index contributed by atoms with van der Waals surface area (Å²) in [4.78, 5) is 33.8. The fourth-order valence-electron chi connectivity index (χ4n) is 3.13. The number of fused-ring (bicyclic) bond motifs is 1. The summed E-state index contributed by atoms with van der Waals surface area (Å²) < 4.78 is 10.5. The maximum absolute atomic E-state index is 12.8. The Labute approximate surface area is 178 Å². The number of pyridine rings is 1. The van der Waals surface area contributed by atoms with Crippen LogP contribution in [0.25, 0.3) is 0 Å². The summed E-state index contributed by atoms with van der Waals surface area (Å²) in [6.07, 6.45) is -0.328. The molecule has 0 bridgehead atoms. The Kier molecular flexibility index (Phi) is 5.89. The van der Waals surface area contributed by atoms with Crippen molar-refractivity contribution in [2.75, 3.05) is 12.4 Å². The Morgan fingerprint density at radius 3 is 2.68 bits per heavy atom. The van der Waals surface area contributed by atoms with E-state index >= 15 is 0 Å². The SMILES string of the molecule is COc1cc(C2=N[C@@H](NC(=O)OCc3ccccc3)C(=O)Nc3ccccc32)ccn1. The third-order valence-corrected chi connectivity index (χ3v) is 4.63. The number of amides is 2. The van der Waals surface area contributed by atoms with Gasteiger partial charge in [-0.3, -0.25) is 10.1 Å². The van der Waals surface area contributed by atoms with E-state index < -0.39 is 18.2 Å². The molecule has 2 amide bonds. The van der Waals surface area contributed by atoms with E-state index in [2.05, 4.69) is 20.6 Å². The smallest absolute Gasteiger partial charge is 0.409 e. The highest BCUT2D eigenvalue weighted by molar-refractivity contribution is 6.19. The first-order valence-corrected chi connectivity index (χ1v) is 9.60. The van der Waals surface area contributed by atoms with E-state index in [0.717, 1.165) is 5.56 Å². The highest BCUT2D eigenvalue weighted by Gasteiger charge is 2.27. The average molecular weight is 416 g/mol. The molecule has 1 atom stereocenters. The van der Waals surface area contributed by atoms with E-state index in [4.69, 9.17) is 9.47 Å². The van der Waals surface area contributed by atoms with Gasteiger partial charge in [-0.05, 0) is 17.7 Å². The third-order valence-electron chi connectivity index (χ3n) is 4.63. The fraction of sp³-hybridized carbons (Fsp3) is 0.130. The van der Waals surface area contributed by atoms with Crippen LogP contribution >= 0.6 is 0 Å². The predicted molar refractivity (Wildman–Crippen MR) is 115 cm³/mol. The van der Waals surface area contributed by atoms with Crippen molar-refractivity contribution in [3.05, 3.63) is 89.6 Å². The van der Waals surface area contributed by atoms with Crippen molar-refractivity contribution in [3.8, 4) is 5.88 Å². The van der Waals surface area contributed by atoms with Crippen LogP contribution < -0.4 is 15.4 Å². The molecule has 4 rings (SSSR count). The lowest BCUT2D eigenvalue weighted by molar-refractivity contribution is -0.117. The van der Waals surface area contributed by atoms with Crippen molar-refractivity contribution in [1.82, 2.24) is 10.3 Å². The van der Waals surface area contributed by atoms with Crippen molar-refractivity contribution >= 4 is 23.4 Å². The normalized spacial score (nSPS) is 15.1. The number of aromatic nitrogens is 1. The number of nitrogens with zero attached hydrogens (tertiary/aromatic N) is 2. The molecule has 1 aliphatic rings. The van der Waals surface area contributed by atoms with Gasteiger partial charge < -0.3 is 14.8 Å². The number of rotatable bonds is 5. The molecule has 0 radical (unpaired) electrons. The monoisotopic (exact) mass is 416 g/mol. The largest absolute Gasteiger partial charge is 0.481 e. The summed E-state index contributed by atoms with van der Waals surface area (Å²) >= 11 is 0. The van der Waals surface area contributed by atoms with Crippen molar-refractivity contribution < 1.29 is 19.1 Å². The van der Waals surface area contributed by atoms with E-state index in [1.165, 1.54) is 7.11 Å². The Hall–Kier alpha value is -4.20. The van der Waals surface area contributed by atoms with Gasteiger partial charge >= 0.3 is 6.09 Å². The molecule has 3 aromatic rings. The molecule has 0 fully saturated rings. The number of aliphatic imine (C=N–C) groups is 1. The van der Waals surface area contributed by atoms with Gasteiger partial charge in [-0.25, -0.2) is 14.8 Å². The van der Waals surface area contributed by atoms with Gasteiger partial charge in [0.25, 0.3) is 5.91 Å².